The van der Waals surface area contributed by atoms with Crippen molar-refractivity contribution in [3.05, 3.63) is 229 Å². The van der Waals surface area contributed by atoms with Gasteiger partial charge in [0.2, 0.25) is 0 Å². The Morgan fingerprint density at radius 1 is 0.357 bits per heavy atom. The summed E-state index contributed by atoms with van der Waals surface area (Å²) in [4.78, 5) is 6.97. The average molecular weight is 914 g/mol. The summed E-state index contributed by atoms with van der Waals surface area (Å²) in [6, 6.07) is 73.9. The molecule has 4 N–H and O–H groups in total. The minimum absolute atomic E-state index is 0.137. The van der Waals surface area contributed by atoms with E-state index in [0.29, 0.717) is 6.61 Å². The number of nitrogen functional groups attached to an aromatic ring is 2. The van der Waals surface area contributed by atoms with Gasteiger partial charge in [0, 0.05) is 73.4 Å². The van der Waals surface area contributed by atoms with Crippen LogP contribution in [0.1, 0.15) is 69.7 Å². The van der Waals surface area contributed by atoms with Gasteiger partial charge in [-0.25, -0.2) is 0 Å². The van der Waals surface area contributed by atoms with Gasteiger partial charge < -0.3 is 30.9 Å². The Labute approximate surface area is 413 Å². The minimum atomic E-state index is -0.137. The Bertz CT molecular complexity index is 3140. The van der Waals surface area contributed by atoms with Crippen LogP contribution in [0.15, 0.2) is 206 Å². The number of unbranched alkanes of at least 4 members (excludes halogenated alkanes) is 1. The molecule has 0 unspecified atom stereocenters. The summed E-state index contributed by atoms with van der Waals surface area (Å²) in [6.45, 7) is 12.2. The molecular formula is C64H59N5O. The van der Waals surface area contributed by atoms with E-state index in [9.17, 15) is 0 Å². The van der Waals surface area contributed by atoms with E-state index in [0.717, 1.165) is 81.2 Å². The van der Waals surface area contributed by atoms with Crippen LogP contribution in [0.2, 0.25) is 0 Å². The lowest BCUT2D eigenvalue weighted by atomic mass is 9.82. The first-order valence-corrected chi connectivity index (χ1v) is 24.5. The Balaban J connectivity index is 0.982. The molecule has 0 spiro atoms. The molecule has 0 aliphatic heterocycles. The van der Waals surface area contributed by atoms with Gasteiger partial charge in [0.1, 0.15) is 5.75 Å². The number of anilines is 11. The van der Waals surface area contributed by atoms with Gasteiger partial charge in [0.25, 0.3) is 0 Å². The van der Waals surface area contributed by atoms with Crippen molar-refractivity contribution in [2.24, 2.45) is 0 Å². The summed E-state index contributed by atoms with van der Waals surface area (Å²) in [5.74, 6) is 0.863. The van der Waals surface area contributed by atoms with Gasteiger partial charge >= 0.3 is 0 Å². The SMILES string of the molecule is CCCCOc1ccc(N(c2ccc(N(c3ccc(N)cc3)c3ccc4c(c3)C(C)(C)c3ccccc3-4)cc2)c2ccc(N(c3ccc(N)cc3)c3ccc4c(c3)C(C)(C)c3ccccc3-4)cc2)cc1. The van der Waals surface area contributed by atoms with Crippen molar-refractivity contribution >= 4 is 62.6 Å². The molecule has 6 heteroatoms. The molecule has 6 nitrogen and oxygen atoms in total. The van der Waals surface area contributed by atoms with Crippen molar-refractivity contribution < 1.29 is 4.74 Å². The highest BCUT2D eigenvalue weighted by atomic mass is 16.5. The van der Waals surface area contributed by atoms with Crippen LogP contribution in [-0.4, -0.2) is 6.61 Å². The molecule has 2 aliphatic carbocycles. The van der Waals surface area contributed by atoms with Gasteiger partial charge in [-0.15, -0.1) is 0 Å². The standard InChI is InChI=1S/C64H59N5O/c1-6-7-40-70-54-36-32-51(33-37-54)67(47-24-28-49(29-25-47)68(45-20-16-43(65)17-21-45)52-34-38-57-55-12-8-10-14-59(55)63(2,3)61(57)41-52)48-26-30-50(31-27-48)69(46-22-18-44(66)19-23-46)53-35-39-58-56-13-9-11-15-60(56)64(4,5)62(58)42-53/h8-39,41-42H,6-7,40,65-66H2,1-5H3. The Hall–Kier alpha value is -8.22. The van der Waals surface area contributed by atoms with Crippen LogP contribution in [0.5, 0.6) is 5.75 Å². The summed E-state index contributed by atoms with van der Waals surface area (Å²) < 4.78 is 6.13. The molecule has 346 valence electrons. The molecule has 9 aromatic carbocycles. The van der Waals surface area contributed by atoms with E-state index >= 15 is 0 Å². The molecule has 0 saturated carbocycles. The third-order valence-electron chi connectivity index (χ3n) is 14.5. The van der Waals surface area contributed by atoms with Gasteiger partial charge in [-0.3, -0.25) is 0 Å². The lowest BCUT2D eigenvalue weighted by Gasteiger charge is -2.30. The number of fused-ring (bicyclic) bond motifs is 6. The fourth-order valence-electron chi connectivity index (χ4n) is 10.8. The number of benzene rings is 9. The number of nitrogens with zero attached hydrogens (tertiary/aromatic N) is 3. The number of nitrogens with two attached hydrogens (primary N) is 2. The molecular weight excluding hydrogens is 855 g/mol. The molecule has 0 amide bonds. The number of rotatable bonds is 13. The second-order valence-electron chi connectivity index (χ2n) is 19.7. The predicted octanol–water partition coefficient (Wildman–Crippen LogP) is 17.1. The number of hydrogen-bond donors (Lipinski definition) is 2. The van der Waals surface area contributed by atoms with E-state index < -0.39 is 0 Å². The largest absolute Gasteiger partial charge is 0.494 e. The van der Waals surface area contributed by atoms with E-state index in [1.807, 2.05) is 24.3 Å². The fourth-order valence-corrected chi connectivity index (χ4v) is 10.8. The monoisotopic (exact) mass is 913 g/mol. The summed E-state index contributed by atoms with van der Waals surface area (Å²) in [5.41, 5.74) is 33.6. The molecule has 70 heavy (non-hydrogen) atoms. The Kier molecular flexibility index (Phi) is 11.2. The zero-order chi connectivity index (χ0) is 48.1. The molecule has 0 atom stereocenters. The highest BCUT2D eigenvalue weighted by Gasteiger charge is 2.37. The maximum Gasteiger partial charge on any atom is 0.119 e. The van der Waals surface area contributed by atoms with Crippen LogP contribution in [0, 0.1) is 0 Å². The highest BCUT2D eigenvalue weighted by Crippen LogP contribution is 2.53. The van der Waals surface area contributed by atoms with E-state index in [1.54, 1.807) is 0 Å². The van der Waals surface area contributed by atoms with Crippen molar-refractivity contribution in [3.8, 4) is 28.0 Å². The fraction of sp³-hybridized carbons (Fsp3) is 0.156. The summed E-state index contributed by atoms with van der Waals surface area (Å²) >= 11 is 0. The van der Waals surface area contributed by atoms with Crippen LogP contribution in [0.3, 0.4) is 0 Å². The molecule has 9 aromatic rings. The first kappa shape index (κ1) is 44.3. The van der Waals surface area contributed by atoms with Crippen LogP contribution in [0.25, 0.3) is 22.3 Å². The van der Waals surface area contributed by atoms with Crippen molar-refractivity contribution in [1.82, 2.24) is 0 Å². The van der Waals surface area contributed by atoms with E-state index in [2.05, 4.69) is 231 Å². The normalized spacial score (nSPS) is 13.4. The van der Waals surface area contributed by atoms with E-state index in [4.69, 9.17) is 16.2 Å². The first-order valence-electron chi connectivity index (χ1n) is 24.5. The van der Waals surface area contributed by atoms with Crippen LogP contribution in [-0.2, 0) is 10.8 Å². The Morgan fingerprint density at radius 3 is 1.03 bits per heavy atom. The lowest BCUT2D eigenvalue weighted by Crippen LogP contribution is -2.17. The van der Waals surface area contributed by atoms with Crippen molar-refractivity contribution in [3.63, 3.8) is 0 Å². The molecule has 11 rings (SSSR count). The van der Waals surface area contributed by atoms with Crippen LogP contribution >= 0.6 is 0 Å². The van der Waals surface area contributed by atoms with Crippen molar-refractivity contribution in [1.29, 1.82) is 0 Å². The first-order chi connectivity index (χ1) is 34.0. The number of hydrogen-bond acceptors (Lipinski definition) is 6. The lowest BCUT2D eigenvalue weighted by molar-refractivity contribution is 0.309. The molecule has 0 fully saturated rings. The quantitative estimate of drug-likeness (QED) is 0.0887. The molecule has 2 aliphatic rings. The number of ether oxygens (including phenoxy) is 1. The van der Waals surface area contributed by atoms with Gasteiger partial charge in [-0.1, -0.05) is 102 Å². The van der Waals surface area contributed by atoms with Gasteiger partial charge in [-0.2, -0.15) is 0 Å². The summed E-state index contributed by atoms with van der Waals surface area (Å²) in [7, 11) is 0. The zero-order valence-electron chi connectivity index (χ0n) is 40.7. The highest BCUT2D eigenvalue weighted by molar-refractivity contribution is 5.89. The van der Waals surface area contributed by atoms with E-state index in [1.165, 1.54) is 44.5 Å². The molecule has 0 aromatic heterocycles. The maximum absolute atomic E-state index is 6.26. The third kappa shape index (κ3) is 7.79. The second-order valence-corrected chi connectivity index (χ2v) is 19.7. The summed E-state index contributed by atoms with van der Waals surface area (Å²) in [5, 5.41) is 0. The third-order valence-corrected chi connectivity index (χ3v) is 14.5. The average Bonchev–Trinajstić information content (AvgIpc) is 3.75. The Morgan fingerprint density at radius 2 is 0.657 bits per heavy atom. The molecule has 0 saturated heterocycles. The van der Waals surface area contributed by atoms with Crippen LogP contribution < -0.4 is 30.9 Å². The topological polar surface area (TPSA) is 71.0 Å². The molecule has 0 radical (unpaired) electrons. The second kappa shape index (κ2) is 17.7. The zero-order valence-corrected chi connectivity index (χ0v) is 40.7. The maximum atomic E-state index is 6.26. The predicted molar refractivity (Wildman–Crippen MR) is 295 cm³/mol. The minimum Gasteiger partial charge on any atom is -0.494 e. The van der Waals surface area contributed by atoms with Gasteiger partial charge in [0.05, 0.1) is 6.61 Å². The van der Waals surface area contributed by atoms with E-state index in [-0.39, 0.29) is 10.8 Å². The molecule has 0 bridgehead atoms. The van der Waals surface area contributed by atoms with Crippen molar-refractivity contribution in [2.45, 2.75) is 58.3 Å². The van der Waals surface area contributed by atoms with Crippen LogP contribution in [0.4, 0.5) is 62.6 Å². The molecule has 0 heterocycles. The van der Waals surface area contributed by atoms with Gasteiger partial charge in [-0.05, 0) is 197 Å². The van der Waals surface area contributed by atoms with Crippen molar-refractivity contribution in [2.75, 3.05) is 32.8 Å². The van der Waals surface area contributed by atoms with Gasteiger partial charge in [0.15, 0.2) is 0 Å². The smallest absolute Gasteiger partial charge is 0.119 e. The summed E-state index contributed by atoms with van der Waals surface area (Å²) in [6.07, 6.45) is 2.10.